The zero-order chi connectivity index (χ0) is 17.8. The fourth-order valence-electron chi connectivity index (χ4n) is 3.91. The van der Waals surface area contributed by atoms with E-state index < -0.39 is 0 Å². The molecule has 2 aromatic rings. The zero-order valence-corrected chi connectivity index (χ0v) is 15.1. The van der Waals surface area contributed by atoms with Gasteiger partial charge in [-0.05, 0) is 43.0 Å². The predicted octanol–water partition coefficient (Wildman–Crippen LogP) is 2.40. The third-order valence-electron chi connectivity index (χ3n) is 5.40. The van der Waals surface area contributed by atoms with Crippen molar-refractivity contribution in [3.8, 4) is 11.3 Å². The molecule has 0 radical (unpaired) electrons. The van der Waals surface area contributed by atoms with Crippen molar-refractivity contribution in [2.75, 3.05) is 39.4 Å². The number of hydrogen-bond acceptors (Lipinski definition) is 4. The van der Waals surface area contributed by atoms with Crippen LogP contribution in [-0.2, 0) is 4.74 Å². The second kappa shape index (κ2) is 8.01. The number of aromatic nitrogens is 2. The van der Waals surface area contributed by atoms with E-state index in [4.69, 9.17) is 4.74 Å². The molecule has 138 valence electrons. The van der Waals surface area contributed by atoms with Crippen LogP contribution in [0, 0.1) is 0 Å². The van der Waals surface area contributed by atoms with Crippen LogP contribution in [-0.4, -0.2) is 71.3 Å². The fraction of sp³-hybridized carbons (Fsp3) is 0.500. The van der Waals surface area contributed by atoms with Crippen LogP contribution in [0.2, 0.25) is 0 Å². The maximum Gasteiger partial charge on any atom is 0.254 e. The molecule has 1 aromatic carbocycles. The Bertz CT molecular complexity index is 708. The molecule has 6 nitrogen and oxygen atoms in total. The largest absolute Gasteiger partial charge is 0.379 e. The lowest BCUT2D eigenvalue weighted by Crippen LogP contribution is -2.51. The monoisotopic (exact) mass is 354 g/mol. The molecular weight excluding hydrogens is 328 g/mol. The Labute approximate surface area is 154 Å². The molecular formula is C20H26N4O2. The summed E-state index contributed by atoms with van der Waals surface area (Å²) in [6, 6.07) is 10.1. The molecule has 3 heterocycles. The van der Waals surface area contributed by atoms with Gasteiger partial charge in [0.15, 0.2) is 0 Å². The Morgan fingerprint density at radius 3 is 2.65 bits per heavy atom. The first-order chi connectivity index (χ1) is 12.8. The molecule has 2 aliphatic heterocycles. The van der Waals surface area contributed by atoms with Crippen LogP contribution in [0.5, 0.6) is 0 Å². The number of nitrogens with one attached hydrogen (secondary N) is 1. The lowest BCUT2D eigenvalue weighted by Gasteiger charge is -2.39. The van der Waals surface area contributed by atoms with Crippen molar-refractivity contribution in [1.29, 1.82) is 0 Å². The van der Waals surface area contributed by atoms with Gasteiger partial charge >= 0.3 is 0 Å². The average molecular weight is 354 g/mol. The summed E-state index contributed by atoms with van der Waals surface area (Å²) in [5.41, 5.74) is 2.77. The van der Waals surface area contributed by atoms with E-state index in [-0.39, 0.29) is 5.91 Å². The highest BCUT2D eigenvalue weighted by Crippen LogP contribution is 2.23. The molecule has 1 amide bonds. The van der Waals surface area contributed by atoms with Gasteiger partial charge in [-0.1, -0.05) is 12.1 Å². The molecule has 4 rings (SSSR count). The van der Waals surface area contributed by atoms with Crippen molar-refractivity contribution in [2.24, 2.45) is 0 Å². The number of H-pyrrole nitrogens is 1. The summed E-state index contributed by atoms with van der Waals surface area (Å²) in [5.74, 6) is 0.152. The van der Waals surface area contributed by atoms with Crippen molar-refractivity contribution < 1.29 is 9.53 Å². The predicted molar refractivity (Wildman–Crippen MR) is 100.0 cm³/mol. The molecule has 26 heavy (non-hydrogen) atoms. The molecule has 0 aliphatic carbocycles. The molecule has 0 spiro atoms. The van der Waals surface area contributed by atoms with Crippen LogP contribution in [0.25, 0.3) is 11.3 Å². The molecule has 1 unspecified atom stereocenters. The van der Waals surface area contributed by atoms with E-state index in [9.17, 15) is 4.79 Å². The number of likely N-dealkylation sites (tertiary alicyclic amines) is 1. The van der Waals surface area contributed by atoms with Crippen LogP contribution < -0.4 is 0 Å². The Balaban J connectivity index is 1.46. The standard InChI is InChI=1S/C20H26N4O2/c25-20(17-6-4-16(5-7-17)19-8-9-21-22-19)24-10-2-1-3-18(24)15-23-11-13-26-14-12-23/h4-9,18H,1-3,10-15H2,(H,21,22). The van der Waals surface area contributed by atoms with Crippen molar-refractivity contribution in [3.63, 3.8) is 0 Å². The molecule has 2 saturated heterocycles. The number of carbonyl (C=O) groups is 1. The van der Waals surface area contributed by atoms with Crippen molar-refractivity contribution in [3.05, 3.63) is 42.1 Å². The molecule has 0 saturated carbocycles. The Kier molecular flexibility index (Phi) is 5.32. The van der Waals surface area contributed by atoms with Crippen molar-refractivity contribution in [2.45, 2.75) is 25.3 Å². The minimum absolute atomic E-state index is 0.152. The van der Waals surface area contributed by atoms with E-state index in [1.165, 1.54) is 6.42 Å². The molecule has 0 bridgehead atoms. The number of carbonyl (C=O) groups excluding carboxylic acids is 1. The average Bonchev–Trinajstić information content (AvgIpc) is 3.24. The molecule has 2 fully saturated rings. The number of ether oxygens (including phenoxy) is 1. The second-order valence-corrected chi connectivity index (χ2v) is 7.11. The van der Waals surface area contributed by atoms with Crippen molar-refractivity contribution in [1.82, 2.24) is 20.0 Å². The number of benzene rings is 1. The SMILES string of the molecule is O=C(c1ccc(-c2ccn[nH]2)cc1)N1CCCCC1CN1CCOCC1. The van der Waals surface area contributed by atoms with Crippen molar-refractivity contribution >= 4 is 5.91 Å². The van der Waals surface area contributed by atoms with E-state index >= 15 is 0 Å². The van der Waals surface area contributed by atoms with Gasteiger partial charge in [-0.15, -0.1) is 0 Å². The van der Waals surface area contributed by atoms with E-state index in [1.807, 2.05) is 30.3 Å². The summed E-state index contributed by atoms with van der Waals surface area (Å²) in [6.07, 6.45) is 5.13. The topological polar surface area (TPSA) is 61.5 Å². The number of morpholine rings is 1. The molecule has 1 aromatic heterocycles. The molecule has 6 heteroatoms. The summed E-state index contributed by atoms with van der Waals surface area (Å²) in [5, 5.41) is 6.94. The minimum Gasteiger partial charge on any atom is -0.379 e. The van der Waals surface area contributed by atoms with Gasteiger partial charge in [-0.3, -0.25) is 14.8 Å². The first-order valence-electron chi connectivity index (χ1n) is 9.52. The number of piperidine rings is 1. The minimum atomic E-state index is 0.152. The van der Waals surface area contributed by atoms with E-state index in [0.29, 0.717) is 6.04 Å². The van der Waals surface area contributed by atoms with Gasteiger partial charge in [-0.25, -0.2) is 0 Å². The number of hydrogen-bond donors (Lipinski definition) is 1. The normalized spacial score (nSPS) is 21.7. The summed E-state index contributed by atoms with van der Waals surface area (Å²) in [7, 11) is 0. The summed E-state index contributed by atoms with van der Waals surface area (Å²) < 4.78 is 5.45. The summed E-state index contributed by atoms with van der Waals surface area (Å²) >= 11 is 0. The van der Waals surface area contributed by atoms with Crippen LogP contribution in [0.1, 0.15) is 29.6 Å². The highest BCUT2D eigenvalue weighted by molar-refractivity contribution is 5.95. The first-order valence-corrected chi connectivity index (χ1v) is 9.52. The van der Waals surface area contributed by atoms with Crippen LogP contribution in [0.4, 0.5) is 0 Å². The maximum absolute atomic E-state index is 13.1. The van der Waals surface area contributed by atoms with Gasteiger partial charge < -0.3 is 9.64 Å². The van der Waals surface area contributed by atoms with Crippen LogP contribution in [0.3, 0.4) is 0 Å². The molecule has 1 atom stereocenters. The maximum atomic E-state index is 13.1. The third kappa shape index (κ3) is 3.81. The first kappa shape index (κ1) is 17.2. The van der Waals surface area contributed by atoms with Gasteiger partial charge in [0, 0.05) is 44.0 Å². The van der Waals surface area contributed by atoms with Gasteiger partial charge in [-0.2, -0.15) is 5.10 Å². The summed E-state index contributed by atoms with van der Waals surface area (Å²) in [6.45, 7) is 5.36. The molecule has 1 N–H and O–H groups in total. The number of nitrogens with zero attached hydrogens (tertiary/aromatic N) is 3. The second-order valence-electron chi connectivity index (χ2n) is 7.11. The smallest absolute Gasteiger partial charge is 0.254 e. The Morgan fingerprint density at radius 2 is 1.92 bits per heavy atom. The van der Waals surface area contributed by atoms with E-state index in [0.717, 1.165) is 69.1 Å². The van der Waals surface area contributed by atoms with E-state index in [1.54, 1.807) is 6.20 Å². The van der Waals surface area contributed by atoms with Gasteiger partial charge in [0.25, 0.3) is 5.91 Å². The van der Waals surface area contributed by atoms with Gasteiger partial charge in [0.1, 0.15) is 0 Å². The third-order valence-corrected chi connectivity index (χ3v) is 5.40. The Morgan fingerprint density at radius 1 is 1.12 bits per heavy atom. The lowest BCUT2D eigenvalue weighted by atomic mass is 9.99. The zero-order valence-electron chi connectivity index (χ0n) is 15.1. The van der Waals surface area contributed by atoms with Gasteiger partial charge in [0.05, 0.1) is 18.9 Å². The van der Waals surface area contributed by atoms with Gasteiger partial charge in [0.2, 0.25) is 0 Å². The van der Waals surface area contributed by atoms with Crippen LogP contribution >= 0.6 is 0 Å². The highest BCUT2D eigenvalue weighted by Gasteiger charge is 2.29. The quantitative estimate of drug-likeness (QED) is 0.916. The van der Waals surface area contributed by atoms with Crippen LogP contribution in [0.15, 0.2) is 36.5 Å². The number of amides is 1. The Hall–Kier alpha value is -2.18. The van der Waals surface area contributed by atoms with E-state index in [2.05, 4.69) is 20.0 Å². The molecule has 2 aliphatic rings. The highest BCUT2D eigenvalue weighted by atomic mass is 16.5. The lowest BCUT2D eigenvalue weighted by molar-refractivity contribution is 0.0166. The fourth-order valence-corrected chi connectivity index (χ4v) is 3.91. The number of aromatic amines is 1. The number of rotatable bonds is 4. The summed E-state index contributed by atoms with van der Waals surface area (Å²) in [4.78, 5) is 17.6.